The molecule has 5 rings (SSSR count). The van der Waals surface area contributed by atoms with Gasteiger partial charge in [0.05, 0.1) is 27.9 Å². The third kappa shape index (κ3) is 4.59. The van der Waals surface area contributed by atoms with Gasteiger partial charge in [-0.05, 0) is 57.2 Å². The zero-order valence-electron chi connectivity index (χ0n) is 19.7. The third-order valence-corrected chi connectivity index (χ3v) is 5.86. The van der Waals surface area contributed by atoms with Crippen molar-refractivity contribution in [3.8, 4) is 11.5 Å². The SMILES string of the molecule is Cc1ccc(C)cc1.Cc1ccc(Nc2ccc(N)c3c2C(=O)c2c(O)ccc(O)c2C3=O)cc1. The number of aryl methyl sites for hydroxylation is 3. The average molecular weight is 467 g/mol. The largest absolute Gasteiger partial charge is 0.507 e. The van der Waals surface area contributed by atoms with E-state index in [0.29, 0.717) is 5.69 Å². The Morgan fingerprint density at radius 3 is 1.49 bits per heavy atom. The fraction of sp³-hybridized carbons (Fsp3) is 0.103. The lowest BCUT2D eigenvalue weighted by Crippen LogP contribution is -2.24. The van der Waals surface area contributed by atoms with E-state index in [9.17, 15) is 19.8 Å². The van der Waals surface area contributed by atoms with Crippen LogP contribution in [0.25, 0.3) is 0 Å². The van der Waals surface area contributed by atoms with Crippen molar-refractivity contribution in [2.75, 3.05) is 11.1 Å². The van der Waals surface area contributed by atoms with Gasteiger partial charge >= 0.3 is 0 Å². The van der Waals surface area contributed by atoms with Gasteiger partial charge in [0.2, 0.25) is 11.6 Å². The number of anilines is 3. The number of hydrogen-bond donors (Lipinski definition) is 4. The van der Waals surface area contributed by atoms with E-state index < -0.39 is 11.6 Å². The Hall–Kier alpha value is -4.58. The molecule has 0 unspecified atom stereocenters. The van der Waals surface area contributed by atoms with Gasteiger partial charge in [0.1, 0.15) is 11.5 Å². The standard InChI is InChI=1S/C21H16N2O4.C8H10/c1-10-2-4-11(5-3-10)23-13-7-6-12(22)16-17(13)21(27)19-15(25)9-8-14(24)18(19)20(16)26;1-7-3-5-8(2)6-4-7/h2-9,23-25H,22H2,1H3;3-6H,1-2H3. The first-order valence-electron chi connectivity index (χ1n) is 11.1. The molecule has 0 heterocycles. The second-order valence-corrected chi connectivity index (χ2v) is 8.61. The molecule has 6 heteroatoms. The first kappa shape index (κ1) is 23.6. The summed E-state index contributed by atoms with van der Waals surface area (Å²) >= 11 is 0. The molecule has 0 spiro atoms. The first-order chi connectivity index (χ1) is 16.7. The number of ketones is 2. The van der Waals surface area contributed by atoms with Crippen LogP contribution in [0.4, 0.5) is 17.1 Å². The Morgan fingerprint density at radius 2 is 1.00 bits per heavy atom. The van der Waals surface area contributed by atoms with Crippen LogP contribution in [0.3, 0.4) is 0 Å². The monoisotopic (exact) mass is 466 g/mol. The fourth-order valence-electron chi connectivity index (χ4n) is 3.92. The predicted octanol–water partition coefficient (Wildman–Crippen LogP) is 5.81. The summed E-state index contributed by atoms with van der Waals surface area (Å²) in [7, 11) is 0. The van der Waals surface area contributed by atoms with Crippen LogP contribution in [0, 0.1) is 20.8 Å². The molecule has 0 aliphatic heterocycles. The summed E-state index contributed by atoms with van der Waals surface area (Å²) in [5.41, 5.74) is 10.6. The van der Waals surface area contributed by atoms with Crippen LogP contribution < -0.4 is 11.1 Å². The molecule has 0 saturated heterocycles. The van der Waals surface area contributed by atoms with Crippen molar-refractivity contribution in [1.29, 1.82) is 0 Å². The minimum atomic E-state index is -0.599. The molecule has 6 nitrogen and oxygen atoms in total. The Morgan fingerprint density at radius 1 is 0.571 bits per heavy atom. The summed E-state index contributed by atoms with van der Waals surface area (Å²) in [5.74, 6) is -1.91. The van der Waals surface area contributed by atoms with Gasteiger partial charge in [-0.3, -0.25) is 9.59 Å². The topological polar surface area (TPSA) is 113 Å². The number of benzene rings is 4. The molecular formula is C29H26N2O4. The van der Waals surface area contributed by atoms with Crippen molar-refractivity contribution in [1.82, 2.24) is 0 Å². The van der Waals surface area contributed by atoms with Crippen molar-refractivity contribution >= 4 is 28.6 Å². The lowest BCUT2D eigenvalue weighted by atomic mass is 9.81. The summed E-state index contributed by atoms with van der Waals surface area (Å²) < 4.78 is 0. The minimum Gasteiger partial charge on any atom is -0.507 e. The van der Waals surface area contributed by atoms with E-state index in [4.69, 9.17) is 5.73 Å². The summed E-state index contributed by atoms with van der Waals surface area (Å²) in [6, 6.07) is 21.5. The Kier molecular flexibility index (Phi) is 6.30. The highest BCUT2D eigenvalue weighted by Gasteiger charge is 2.37. The first-order valence-corrected chi connectivity index (χ1v) is 11.1. The van der Waals surface area contributed by atoms with Gasteiger partial charge < -0.3 is 21.3 Å². The number of aromatic hydroxyl groups is 2. The van der Waals surface area contributed by atoms with Crippen LogP contribution in [0.1, 0.15) is 48.5 Å². The molecule has 0 radical (unpaired) electrons. The summed E-state index contributed by atoms with van der Waals surface area (Å²) in [5, 5.41) is 23.3. The average Bonchev–Trinajstić information content (AvgIpc) is 2.83. The quantitative estimate of drug-likeness (QED) is 0.193. The molecule has 4 aromatic carbocycles. The van der Waals surface area contributed by atoms with Crippen molar-refractivity contribution in [2.45, 2.75) is 20.8 Å². The number of rotatable bonds is 2. The highest BCUT2D eigenvalue weighted by Crippen LogP contribution is 2.42. The normalized spacial score (nSPS) is 11.7. The number of nitrogens with two attached hydrogens (primary N) is 1. The molecule has 35 heavy (non-hydrogen) atoms. The number of nitrogen functional groups attached to an aromatic ring is 1. The maximum absolute atomic E-state index is 13.1. The van der Waals surface area contributed by atoms with Gasteiger partial charge in [0.15, 0.2) is 0 Å². The van der Waals surface area contributed by atoms with E-state index in [1.165, 1.54) is 29.3 Å². The zero-order valence-corrected chi connectivity index (χ0v) is 19.7. The van der Waals surface area contributed by atoms with Gasteiger partial charge in [-0.25, -0.2) is 0 Å². The number of phenols is 2. The van der Waals surface area contributed by atoms with Crippen LogP contribution in [0.2, 0.25) is 0 Å². The van der Waals surface area contributed by atoms with Gasteiger partial charge in [-0.15, -0.1) is 0 Å². The number of nitrogens with one attached hydrogen (secondary N) is 1. The van der Waals surface area contributed by atoms with Crippen LogP contribution in [0.15, 0.2) is 72.8 Å². The second kappa shape index (κ2) is 9.35. The van der Waals surface area contributed by atoms with E-state index in [0.717, 1.165) is 11.3 Å². The summed E-state index contributed by atoms with van der Waals surface area (Å²) in [6.45, 7) is 6.15. The van der Waals surface area contributed by atoms with Crippen molar-refractivity contribution in [3.63, 3.8) is 0 Å². The molecule has 176 valence electrons. The van der Waals surface area contributed by atoms with Crippen molar-refractivity contribution in [3.05, 3.63) is 112 Å². The fourth-order valence-corrected chi connectivity index (χ4v) is 3.92. The Bertz CT molecular complexity index is 1420. The molecular weight excluding hydrogens is 440 g/mol. The minimum absolute atomic E-state index is 0.0190. The molecule has 0 fully saturated rings. The smallest absolute Gasteiger partial charge is 0.200 e. The molecule has 1 aliphatic rings. The van der Waals surface area contributed by atoms with Crippen LogP contribution in [-0.4, -0.2) is 21.8 Å². The van der Waals surface area contributed by atoms with E-state index in [2.05, 4.69) is 43.4 Å². The predicted molar refractivity (Wildman–Crippen MR) is 138 cm³/mol. The van der Waals surface area contributed by atoms with E-state index in [1.807, 2.05) is 31.2 Å². The molecule has 0 amide bonds. The number of carbonyl (C=O) groups is 2. The van der Waals surface area contributed by atoms with Gasteiger partial charge in [0, 0.05) is 11.4 Å². The summed E-state index contributed by atoms with van der Waals surface area (Å²) in [6.07, 6.45) is 0. The molecule has 1 aliphatic carbocycles. The lowest BCUT2D eigenvalue weighted by Gasteiger charge is -2.23. The molecule has 0 aromatic heterocycles. The third-order valence-electron chi connectivity index (χ3n) is 5.86. The van der Waals surface area contributed by atoms with Gasteiger partial charge in [0.25, 0.3) is 0 Å². The van der Waals surface area contributed by atoms with E-state index in [-0.39, 0.29) is 39.4 Å². The summed E-state index contributed by atoms with van der Waals surface area (Å²) in [4.78, 5) is 26.1. The van der Waals surface area contributed by atoms with Crippen LogP contribution in [0.5, 0.6) is 11.5 Å². The maximum Gasteiger partial charge on any atom is 0.200 e. The van der Waals surface area contributed by atoms with E-state index >= 15 is 0 Å². The number of carbonyl (C=O) groups excluding carboxylic acids is 2. The number of hydrogen-bond acceptors (Lipinski definition) is 6. The van der Waals surface area contributed by atoms with Crippen molar-refractivity contribution < 1.29 is 19.8 Å². The van der Waals surface area contributed by atoms with E-state index in [1.54, 1.807) is 6.07 Å². The maximum atomic E-state index is 13.1. The molecule has 0 bridgehead atoms. The number of phenolic OH excluding ortho intramolecular Hbond substituents is 2. The van der Waals surface area contributed by atoms with Crippen LogP contribution >= 0.6 is 0 Å². The van der Waals surface area contributed by atoms with Crippen LogP contribution in [-0.2, 0) is 0 Å². The Balaban J connectivity index is 0.000000308. The molecule has 4 aromatic rings. The zero-order chi connectivity index (χ0) is 25.3. The highest BCUT2D eigenvalue weighted by molar-refractivity contribution is 6.33. The van der Waals surface area contributed by atoms with Gasteiger partial charge in [-0.2, -0.15) is 0 Å². The van der Waals surface area contributed by atoms with Crippen molar-refractivity contribution in [2.24, 2.45) is 0 Å². The molecule has 0 atom stereocenters. The lowest BCUT2D eigenvalue weighted by molar-refractivity contribution is 0.0975. The highest BCUT2D eigenvalue weighted by atomic mass is 16.3. The molecule has 5 N–H and O–H groups in total. The number of fused-ring (bicyclic) bond motifs is 2. The Labute approximate surface area is 203 Å². The second-order valence-electron chi connectivity index (χ2n) is 8.61. The molecule has 0 saturated carbocycles. The van der Waals surface area contributed by atoms with Gasteiger partial charge in [-0.1, -0.05) is 53.1 Å².